The Morgan fingerprint density at radius 3 is 2.47 bits per heavy atom. The largest absolute Gasteiger partial charge is 0.382 e. The van der Waals surface area contributed by atoms with Crippen molar-refractivity contribution >= 4 is 5.84 Å². The maximum absolute atomic E-state index is 5.40. The standard InChI is InChI=1S/C12H21N3/c1-10(2)6-4-7-11(3)8-5-9-12(13)15-14/h5-6,8-9H,4,7,14H2,1-3H3,(H2,13,15)/b9-5+,11-8?. The van der Waals surface area contributed by atoms with E-state index in [2.05, 4.69) is 31.9 Å². The highest BCUT2D eigenvalue weighted by Crippen LogP contribution is 2.06. The first-order valence-corrected chi connectivity index (χ1v) is 5.06. The summed E-state index contributed by atoms with van der Waals surface area (Å²) in [7, 11) is 0. The molecule has 0 spiro atoms. The van der Waals surface area contributed by atoms with Crippen molar-refractivity contribution in [2.24, 2.45) is 16.7 Å². The number of hydrazone groups is 1. The van der Waals surface area contributed by atoms with Gasteiger partial charge in [-0.2, -0.15) is 5.10 Å². The maximum atomic E-state index is 5.40. The second kappa shape index (κ2) is 7.85. The molecule has 3 nitrogen and oxygen atoms in total. The molecule has 0 aliphatic rings. The summed E-state index contributed by atoms with van der Waals surface area (Å²) >= 11 is 0. The van der Waals surface area contributed by atoms with Crippen molar-refractivity contribution in [3.8, 4) is 0 Å². The maximum Gasteiger partial charge on any atom is 0.142 e. The Bertz CT molecular complexity index is 292. The highest BCUT2D eigenvalue weighted by molar-refractivity contribution is 5.91. The van der Waals surface area contributed by atoms with E-state index in [-0.39, 0.29) is 0 Å². The molecule has 0 amide bonds. The van der Waals surface area contributed by atoms with E-state index in [1.54, 1.807) is 6.08 Å². The molecule has 0 radical (unpaired) electrons. The number of nitrogens with zero attached hydrogens (tertiary/aromatic N) is 1. The van der Waals surface area contributed by atoms with Crippen LogP contribution in [0.3, 0.4) is 0 Å². The van der Waals surface area contributed by atoms with Crippen molar-refractivity contribution in [1.82, 2.24) is 0 Å². The first kappa shape index (κ1) is 13.5. The van der Waals surface area contributed by atoms with Crippen molar-refractivity contribution in [2.45, 2.75) is 33.6 Å². The predicted octanol–water partition coefficient (Wildman–Crippen LogP) is 2.47. The molecule has 3 heteroatoms. The Morgan fingerprint density at radius 2 is 1.93 bits per heavy atom. The molecule has 0 aliphatic carbocycles. The highest BCUT2D eigenvalue weighted by Gasteiger charge is 1.87. The van der Waals surface area contributed by atoms with Crippen LogP contribution in [-0.2, 0) is 0 Å². The molecule has 0 unspecified atom stereocenters. The van der Waals surface area contributed by atoms with Gasteiger partial charge in [0, 0.05) is 0 Å². The quantitative estimate of drug-likeness (QED) is 0.182. The molecule has 84 valence electrons. The topological polar surface area (TPSA) is 64.4 Å². The first-order chi connectivity index (χ1) is 7.06. The number of rotatable bonds is 5. The summed E-state index contributed by atoms with van der Waals surface area (Å²) < 4.78 is 0. The summed E-state index contributed by atoms with van der Waals surface area (Å²) in [6.45, 7) is 6.31. The molecule has 0 atom stereocenters. The molecular weight excluding hydrogens is 186 g/mol. The lowest BCUT2D eigenvalue weighted by atomic mass is 10.1. The van der Waals surface area contributed by atoms with Gasteiger partial charge in [-0.25, -0.2) is 0 Å². The molecular formula is C12H21N3. The minimum absolute atomic E-state index is 0.336. The summed E-state index contributed by atoms with van der Waals surface area (Å²) in [4.78, 5) is 0. The van der Waals surface area contributed by atoms with Crippen LogP contribution in [0.25, 0.3) is 0 Å². The van der Waals surface area contributed by atoms with E-state index >= 15 is 0 Å². The summed E-state index contributed by atoms with van der Waals surface area (Å²) in [5, 5.41) is 3.34. The molecule has 0 rings (SSSR count). The second-order valence-corrected chi connectivity index (χ2v) is 3.75. The normalized spacial score (nSPS) is 13.3. The van der Waals surface area contributed by atoms with E-state index in [1.807, 2.05) is 12.2 Å². The van der Waals surface area contributed by atoms with Gasteiger partial charge in [-0.1, -0.05) is 29.4 Å². The summed E-state index contributed by atoms with van der Waals surface area (Å²) in [5.41, 5.74) is 8.07. The predicted molar refractivity (Wildman–Crippen MR) is 67.4 cm³/mol. The SMILES string of the molecule is CC(C)=CCCC(C)=C/C=C/C(N)=NN. The summed E-state index contributed by atoms with van der Waals surface area (Å²) in [6.07, 6.45) is 9.95. The van der Waals surface area contributed by atoms with Gasteiger partial charge in [0.15, 0.2) is 0 Å². The monoisotopic (exact) mass is 207 g/mol. The van der Waals surface area contributed by atoms with E-state index in [0.717, 1.165) is 12.8 Å². The zero-order valence-electron chi connectivity index (χ0n) is 9.83. The van der Waals surface area contributed by atoms with E-state index in [4.69, 9.17) is 11.6 Å². The van der Waals surface area contributed by atoms with Gasteiger partial charge in [0.05, 0.1) is 0 Å². The number of amidine groups is 1. The van der Waals surface area contributed by atoms with Crippen LogP contribution in [0, 0.1) is 0 Å². The van der Waals surface area contributed by atoms with Gasteiger partial charge in [-0.05, 0) is 39.7 Å². The fourth-order valence-electron chi connectivity index (χ4n) is 1.03. The molecule has 0 aromatic rings. The Morgan fingerprint density at radius 1 is 1.27 bits per heavy atom. The van der Waals surface area contributed by atoms with Gasteiger partial charge in [0.2, 0.25) is 0 Å². The molecule has 0 fully saturated rings. The fourth-order valence-corrected chi connectivity index (χ4v) is 1.03. The van der Waals surface area contributed by atoms with E-state index < -0.39 is 0 Å². The van der Waals surface area contributed by atoms with E-state index in [1.165, 1.54) is 11.1 Å². The minimum atomic E-state index is 0.336. The molecule has 0 aliphatic heterocycles. The number of allylic oxidation sites excluding steroid dienone is 5. The Balaban J connectivity index is 4.00. The van der Waals surface area contributed by atoms with Crippen LogP contribution in [-0.4, -0.2) is 5.84 Å². The third-order valence-electron chi connectivity index (χ3n) is 1.89. The van der Waals surface area contributed by atoms with E-state index in [0.29, 0.717) is 5.84 Å². The second-order valence-electron chi connectivity index (χ2n) is 3.75. The Hall–Kier alpha value is -1.51. The van der Waals surface area contributed by atoms with Crippen LogP contribution in [0.2, 0.25) is 0 Å². The smallest absolute Gasteiger partial charge is 0.142 e. The Kier molecular flexibility index (Phi) is 7.06. The minimum Gasteiger partial charge on any atom is -0.382 e. The summed E-state index contributed by atoms with van der Waals surface area (Å²) in [6, 6.07) is 0. The molecule has 0 saturated carbocycles. The van der Waals surface area contributed by atoms with Gasteiger partial charge >= 0.3 is 0 Å². The fraction of sp³-hybridized carbons (Fsp3) is 0.417. The lowest BCUT2D eigenvalue weighted by Gasteiger charge is -1.96. The molecule has 15 heavy (non-hydrogen) atoms. The van der Waals surface area contributed by atoms with Crippen LogP contribution in [0.4, 0.5) is 0 Å². The van der Waals surface area contributed by atoms with Crippen LogP contribution in [0.5, 0.6) is 0 Å². The summed E-state index contributed by atoms with van der Waals surface area (Å²) in [5.74, 6) is 5.32. The molecule has 0 bridgehead atoms. The average molecular weight is 207 g/mol. The molecule has 0 aromatic carbocycles. The molecule has 4 N–H and O–H groups in total. The van der Waals surface area contributed by atoms with Crippen LogP contribution < -0.4 is 11.6 Å². The molecule has 0 heterocycles. The molecule has 0 saturated heterocycles. The van der Waals surface area contributed by atoms with Crippen LogP contribution in [0.1, 0.15) is 33.6 Å². The first-order valence-electron chi connectivity index (χ1n) is 5.06. The van der Waals surface area contributed by atoms with Gasteiger partial charge in [0.1, 0.15) is 5.84 Å². The van der Waals surface area contributed by atoms with Crippen molar-refractivity contribution in [1.29, 1.82) is 0 Å². The lowest BCUT2D eigenvalue weighted by Crippen LogP contribution is -2.09. The van der Waals surface area contributed by atoms with Crippen molar-refractivity contribution in [2.75, 3.05) is 0 Å². The average Bonchev–Trinajstić information content (AvgIpc) is 2.17. The van der Waals surface area contributed by atoms with Gasteiger partial charge in [-0.15, -0.1) is 0 Å². The highest BCUT2D eigenvalue weighted by atomic mass is 15.1. The van der Waals surface area contributed by atoms with Crippen molar-refractivity contribution in [3.63, 3.8) is 0 Å². The third kappa shape index (κ3) is 8.81. The lowest BCUT2D eigenvalue weighted by molar-refractivity contribution is 0.967. The number of nitrogens with two attached hydrogens (primary N) is 2. The van der Waals surface area contributed by atoms with Gasteiger partial charge in [-0.3, -0.25) is 0 Å². The van der Waals surface area contributed by atoms with Gasteiger partial charge in [0.25, 0.3) is 0 Å². The van der Waals surface area contributed by atoms with Gasteiger partial charge < -0.3 is 11.6 Å². The zero-order chi connectivity index (χ0) is 11.7. The Labute approximate surface area is 92.2 Å². The van der Waals surface area contributed by atoms with E-state index in [9.17, 15) is 0 Å². The zero-order valence-corrected chi connectivity index (χ0v) is 9.83. The number of hydrogen-bond acceptors (Lipinski definition) is 2. The van der Waals surface area contributed by atoms with Crippen LogP contribution in [0.15, 0.2) is 40.6 Å². The van der Waals surface area contributed by atoms with Crippen LogP contribution >= 0.6 is 0 Å². The van der Waals surface area contributed by atoms with Crippen molar-refractivity contribution in [3.05, 3.63) is 35.5 Å². The number of hydrogen-bond donors (Lipinski definition) is 2. The van der Waals surface area contributed by atoms with Crippen molar-refractivity contribution < 1.29 is 0 Å². The third-order valence-corrected chi connectivity index (χ3v) is 1.89. The molecule has 0 aromatic heterocycles.